The van der Waals surface area contributed by atoms with Crippen LogP contribution in [0.5, 0.6) is 0 Å². The molecule has 0 spiro atoms. The summed E-state index contributed by atoms with van der Waals surface area (Å²) in [5.74, 6) is -1.25. The van der Waals surface area contributed by atoms with Crippen LogP contribution in [0.15, 0.2) is 0 Å². The molecule has 1 aromatic heterocycles. The molecule has 0 atom stereocenters. The molecule has 0 amide bonds. The zero-order chi connectivity index (χ0) is 11.5. The fourth-order valence-corrected chi connectivity index (χ4v) is 1.08. The van der Waals surface area contributed by atoms with Crippen molar-refractivity contribution in [2.75, 3.05) is 13.7 Å². The molecule has 15 heavy (non-hydrogen) atoms. The van der Waals surface area contributed by atoms with Gasteiger partial charge in [0.2, 0.25) is 5.82 Å². The van der Waals surface area contributed by atoms with Crippen molar-refractivity contribution in [3.63, 3.8) is 0 Å². The van der Waals surface area contributed by atoms with Crippen LogP contribution in [0.25, 0.3) is 0 Å². The summed E-state index contributed by atoms with van der Waals surface area (Å²) < 4.78 is 42.6. The molecule has 1 heterocycles. The lowest BCUT2D eigenvalue weighted by atomic mass is 10.5. The van der Waals surface area contributed by atoms with E-state index in [1.54, 1.807) is 0 Å². The van der Waals surface area contributed by atoms with Gasteiger partial charge in [0.15, 0.2) is 5.82 Å². The van der Waals surface area contributed by atoms with Gasteiger partial charge in [0.05, 0.1) is 6.61 Å². The molecule has 0 bridgehead atoms. The van der Waals surface area contributed by atoms with Crippen molar-refractivity contribution in [2.45, 2.75) is 19.3 Å². The molecule has 8 heteroatoms. The maximum atomic E-state index is 12.4. The van der Waals surface area contributed by atoms with Gasteiger partial charge in [-0.15, -0.1) is 10.2 Å². The monoisotopic (exact) mass is 225 g/mol. The van der Waals surface area contributed by atoms with Gasteiger partial charge in [0.25, 0.3) is 0 Å². The summed E-state index contributed by atoms with van der Waals surface area (Å²) in [7, 11) is 1.37. The Kier molecular flexibility index (Phi) is 3.64. The second kappa shape index (κ2) is 4.58. The van der Waals surface area contributed by atoms with Crippen LogP contribution < -0.4 is 0 Å². The van der Waals surface area contributed by atoms with Gasteiger partial charge in [-0.25, -0.2) is 0 Å². The number of nitrogens with zero attached hydrogens (tertiary/aromatic N) is 3. The zero-order valence-electron chi connectivity index (χ0n) is 7.95. The number of aliphatic hydroxyl groups excluding tert-OH is 1. The Morgan fingerprint density at radius 2 is 2.07 bits per heavy atom. The van der Waals surface area contributed by atoms with Crippen molar-refractivity contribution >= 4 is 0 Å². The molecule has 0 radical (unpaired) electrons. The Bertz CT molecular complexity index is 324. The molecule has 1 N–H and O–H groups in total. The Balaban J connectivity index is 3.00. The predicted molar refractivity (Wildman–Crippen MR) is 42.8 cm³/mol. The lowest BCUT2D eigenvalue weighted by Crippen LogP contribution is -2.18. The van der Waals surface area contributed by atoms with E-state index in [1.807, 2.05) is 0 Å². The average Bonchev–Trinajstić information content (AvgIpc) is 2.56. The molecule has 0 aromatic carbocycles. The maximum Gasteiger partial charge on any atom is 0.451 e. The first kappa shape index (κ1) is 11.9. The number of aliphatic hydroxyl groups is 1. The van der Waals surface area contributed by atoms with Crippen LogP contribution in [-0.2, 0) is 24.1 Å². The van der Waals surface area contributed by atoms with Gasteiger partial charge in [0.1, 0.15) is 6.61 Å². The minimum Gasteiger partial charge on any atom is -0.388 e. The van der Waals surface area contributed by atoms with E-state index in [0.717, 1.165) is 4.57 Å². The number of alkyl halides is 3. The molecule has 0 saturated heterocycles. The quantitative estimate of drug-likeness (QED) is 0.807. The van der Waals surface area contributed by atoms with E-state index >= 15 is 0 Å². The third-order valence-electron chi connectivity index (χ3n) is 1.74. The number of rotatable bonds is 4. The van der Waals surface area contributed by atoms with E-state index in [9.17, 15) is 13.2 Å². The molecule has 1 aromatic rings. The standard InChI is InChI=1S/C7H10F3N3O2/c1-15-3-2-13-5(4-14)11-12-6(13)7(8,9)10/h14H,2-4H2,1H3. The molecule has 0 aliphatic rings. The minimum atomic E-state index is -4.58. The van der Waals surface area contributed by atoms with Gasteiger partial charge in [-0.2, -0.15) is 13.2 Å². The Labute approximate surface area is 83.5 Å². The molecule has 0 fully saturated rings. The topological polar surface area (TPSA) is 60.2 Å². The number of halogens is 3. The SMILES string of the molecule is COCCn1c(CO)nnc1C(F)(F)F. The van der Waals surface area contributed by atoms with Crippen LogP contribution in [0.2, 0.25) is 0 Å². The average molecular weight is 225 g/mol. The summed E-state index contributed by atoms with van der Waals surface area (Å²) in [5, 5.41) is 15.0. The third-order valence-corrected chi connectivity index (χ3v) is 1.74. The Hall–Kier alpha value is -1.15. The highest BCUT2D eigenvalue weighted by Crippen LogP contribution is 2.27. The smallest absolute Gasteiger partial charge is 0.388 e. The highest BCUT2D eigenvalue weighted by molar-refractivity contribution is 4.98. The van der Waals surface area contributed by atoms with Gasteiger partial charge in [-0.05, 0) is 0 Å². The Morgan fingerprint density at radius 3 is 2.53 bits per heavy atom. The summed E-state index contributed by atoms with van der Waals surface area (Å²) in [6, 6.07) is 0. The molecule has 0 unspecified atom stereocenters. The van der Waals surface area contributed by atoms with Crippen molar-refractivity contribution in [3.8, 4) is 0 Å². The van der Waals surface area contributed by atoms with Crippen LogP contribution in [0.3, 0.4) is 0 Å². The minimum absolute atomic E-state index is 0.0474. The van der Waals surface area contributed by atoms with Crippen molar-refractivity contribution in [2.24, 2.45) is 0 Å². The normalized spacial score (nSPS) is 12.1. The lowest BCUT2D eigenvalue weighted by Gasteiger charge is -2.10. The summed E-state index contributed by atoms with van der Waals surface area (Å²) in [6.45, 7) is -0.546. The zero-order valence-corrected chi connectivity index (χ0v) is 7.95. The second-order valence-electron chi connectivity index (χ2n) is 2.74. The fraction of sp³-hybridized carbons (Fsp3) is 0.714. The first-order chi connectivity index (χ1) is 7.00. The molecule has 0 aliphatic heterocycles. The highest BCUT2D eigenvalue weighted by Gasteiger charge is 2.38. The molecular formula is C7H10F3N3O2. The van der Waals surface area contributed by atoms with Gasteiger partial charge in [-0.3, -0.25) is 0 Å². The summed E-state index contributed by atoms with van der Waals surface area (Å²) in [4.78, 5) is 0. The maximum absolute atomic E-state index is 12.4. The predicted octanol–water partition coefficient (Wildman–Crippen LogP) is 0.436. The van der Waals surface area contributed by atoms with E-state index in [1.165, 1.54) is 7.11 Å². The van der Waals surface area contributed by atoms with Crippen LogP contribution in [-0.4, -0.2) is 33.6 Å². The highest BCUT2D eigenvalue weighted by atomic mass is 19.4. The van der Waals surface area contributed by atoms with Crippen LogP contribution in [0.4, 0.5) is 13.2 Å². The second-order valence-corrected chi connectivity index (χ2v) is 2.74. The summed E-state index contributed by atoms with van der Waals surface area (Å²) >= 11 is 0. The van der Waals surface area contributed by atoms with E-state index in [-0.39, 0.29) is 19.0 Å². The van der Waals surface area contributed by atoms with Gasteiger partial charge < -0.3 is 14.4 Å². The van der Waals surface area contributed by atoms with Gasteiger partial charge in [0, 0.05) is 13.7 Å². The number of aromatic nitrogens is 3. The molecular weight excluding hydrogens is 215 g/mol. The third kappa shape index (κ3) is 2.66. The van der Waals surface area contributed by atoms with Crippen LogP contribution >= 0.6 is 0 Å². The van der Waals surface area contributed by atoms with Crippen molar-refractivity contribution in [1.29, 1.82) is 0 Å². The molecule has 5 nitrogen and oxygen atoms in total. The van der Waals surface area contributed by atoms with E-state index in [4.69, 9.17) is 5.11 Å². The van der Waals surface area contributed by atoms with Crippen molar-refractivity contribution in [1.82, 2.24) is 14.8 Å². The van der Waals surface area contributed by atoms with Gasteiger partial charge >= 0.3 is 6.18 Å². The number of ether oxygens (including phenoxy) is 1. The summed E-state index contributed by atoms with van der Waals surface area (Å²) in [6.07, 6.45) is -4.58. The lowest BCUT2D eigenvalue weighted by molar-refractivity contribution is -0.147. The van der Waals surface area contributed by atoms with E-state index < -0.39 is 18.6 Å². The largest absolute Gasteiger partial charge is 0.451 e. The number of methoxy groups -OCH3 is 1. The first-order valence-corrected chi connectivity index (χ1v) is 4.09. The van der Waals surface area contributed by atoms with Crippen LogP contribution in [0, 0.1) is 0 Å². The molecule has 1 rings (SSSR count). The molecule has 0 saturated carbocycles. The fourth-order valence-electron chi connectivity index (χ4n) is 1.08. The van der Waals surface area contributed by atoms with Crippen molar-refractivity contribution < 1.29 is 23.0 Å². The van der Waals surface area contributed by atoms with E-state index in [0.29, 0.717) is 0 Å². The Morgan fingerprint density at radius 1 is 1.40 bits per heavy atom. The number of hydrogen-bond acceptors (Lipinski definition) is 4. The van der Waals surface area contributed by atoms with E-state index in [2.05, 4.69) is 14.9 Å². The van der Waals surface area contributed by atoms with Crippen LogP contribution in [0.1, 0.15) is 11.6 Å². The summed E-state index contributed by atoms with van der Waals surface area (Å²) in [5.41, 5.74) is 0. The molecule has 86 valence electrons. The molecule has 0 aliphatic carbocycles. The number of hydrogen-bond donors (Lipinski definition) is 1. The van der Waals surface area contributed by atoms with Crippen molar-refractivity contribution in [3.05, 3.63) is 11.6 Å². The first-order valence-electron chi connectivity index (χ1n) is 4.09. The van der Waals surface area contributed by atoms with Gasteiger partial charge in [-0.1, -0.05) is 0 Å².